The van der Waals surface area contributed by atoms with Gasteiger partial charge < -0.3 is 10.5 Å². The number of hydrogen-bond donors (Lipinski definition) is 3. The highest BCUT2D eigenvalue weighted by Gasteiger charge is 2.24. The maximum atomic E-state index is 13.2. The van der Waals surface area contributed by atoms with Gasteiger partial charge in [-0.1, -0.05) is 53.5 Å². The minimum absolute atomic E-state index is 0.196. The summed E-state index contributed by atoms with van der Waals surface area (Å²) < 4.78 is 2.35. The molecule has 3 N–H and O–H groups in total. The Bertz CT molecular complexity index is 1690. The van der Waals surface area contributed by atoms with Crippen LogP contribution in [-0.4, -0.2) is 32.8 Å². The van der Waals surface area contributed by atoms with Crippen molar-refractivity contribution in [3.8, 4) is 27.5 Å². The van der Waals surface area contributed by atoms with Crippen molar-refractivity contribution >= 4 is 46.4 Å². The van der Waals surface area contributed by atoms with Gasteiger partial charge in [0.05, 0.1) is 42.4 Å². The van der Waals surface area contributed by atoms with E-state index in [2.05, 4.69) is 5.32 Å². The lowest BCUT2D eigenvalue weighted by Crippen LogP contribution is -2.47. The molecule has 0 fully saturated rings. The molecular weight excluding hydrogens is 573 g/mol. The average Bonchev–Trinajstić information content (AvgIpc) is 3.62. The molecule has 12 heteroatoms. The van der Waals surface area contributed by atoms with Crippen molar-refractivity contribution in [1.82, 2.24) is 20.6 Å². The number of nitrogens with zero attached hydrogens (tertiary/aromatic N) is 3. The van der Waals surface area contributed by atoms with Crippen LogP contribution in [0, 0.1) is 5.21 Å². The van der Waals surface area contributed by atoms with Crippen molar-refractivity contribution in [3.05, 3.63) is 117 Å². The average molecular weight is 594 g/mol. The number of carbonyl (C=O) groups is 2. The van der Waals surface area contributed by atoms with Crippen LogP contribution in [0.5, 0.6) is 0 Å². The summed E-state index contributed by atoms with van der Waals surface area (Å²) in [6.45, 7) is 0. The van der Waals surface area contributed by atoms with Gasteiger partial charge in [-0.2, -0.15) is 9.83 Å². The molecule has 5 rings (SSSR count). The Kier molecular flexibility index (Phi) is 8.13. The Morgan fingerprint density at radius 2 is 1.82 bits per heavy atom. The van der Waals surface area contributed by atoms with Gasteiger partial charge in [0, 0.05) is 12.5 Å². The number of aromatic nitrogens is 3. The quantitative estimate of drug-likeness (QED) is 0.100. The molecule has 1 atom stereocenters. The normalized spacial score (nSPS) is 11.7. The van der Waals surface area contributed by atoms with E-state index in [0.29, 0.717) is 47.2 Å². The van der Waals surface area contributed by atoms with Gasteiger partial charge in [-0.15, -0.1) is 11.3 Å². The van der Waals surface area contributed by atoms with Gasteiger partial charge in [0.25, 0.3) is 11.8 Å². The van der Waals surface area contributed by atoms with E-state index in [-0.39, 0.29) is 6.42 Å². The minimum Gasteiger partial charge on any atom is -0.619 e. The second-order valence-electron chi connectivity index (χ2n) is 8.73. The van der Waals surface area contributed by atoms with E-state index >= 15 is 0 Å². The first-order valence-electron chi connectivity index (χ1n) is 12.0. The number of nitrogens with one attached hydrogen (secondary N) is 2. The molecule has 0 spiro atoms. The van der Waals surface area contributed by atoms with E-state index in [0.717, 1.165) is 5.56 Å². The molecule has 0 saturated heterocycles. The van der Waals surface area contributed by atoms with E-state index in [1.807, 2.05) is 36.4 Å². The Morgan fingerprint density at radius 1 is 1.02 bits per heavy atom. The fourth-order valence-corrected chi connectivity index (χ4v) is 5.28. The lowest BCUT2D eigenvalue weighted by molar-refractivity contribution is -0.604. The lowest BCUT2D eigenvalue weighted by Gasteiger charge is -2.16. The maximum absolute atomic E-state index is 13.2. The summed E-state index contributed by atoms with van der Waals surface area (Å²) in [6, 6.07) is 21.9. The number of hydroxylamine groups is 1. The van der Waals surface area contributed by atoms with Gasteiger partial charge in [0.15, 0.2) is 12.4 Å². The number of rotatable bonds is 8. The number of pyridine rings is 1. The zero-order chi connectivity index (χ0) is 28.2. The van der Waals surface area contributed by atoms with Gasteiger partial charge in [-0.3, -0.25) is 14.8 Å². The molecule has 0 saturated carbocycles. The standard InChI is InChI=1S/C28H21Cl2N5O4S/c29-20-9-8-19(14-21(20)30)35-24(15-22(32-35)18-7-4-12-34(39)16-18)25-10-11-26(40-25)28(37)31-23(27(36)33-38)13-17-5-2-1-3-6-17/h1-12,14-16,23,38H,13H2,(H,31,37)(H,33,36)/t23-/m1/s1. The van der Waals surface area contributed by atoms with Crippen molar-refractivity contribution in [2.45, 2.75) is 12.5 Å². The van der Waals surface area contributed by atoms with Gasteiger partial charge in [-0.25, -0.2) is 10.2 Å². The molecule has 0 unspecified atom stereocenters. The third-order valence-electron chi connectivity index (χ3n) is 6.02. The summed E-state index contributed by atoms with van der Waals surface area (Å²) in [6.07, 6.45) is 2.99. The summed E-state index contributed by atoms with van der Waals surface area (Å²) in [5.74, 6) is -1.20. The highest BCUT2D eigenvalue weighted by molar-refractivity contribution is 7.17. The molecule has 0 aliphatic rings. The Balaban J connectivity index is 1.48. The van der Waals surface area contributed by atoms with E-state index < -0.39 is 17.9 Å². The van der Waals surface area contributed by atoms with Crippen LogP contribution in [0.4, 0.5) is 0 Å². The smallest absolute Gasteiger partial charge is 0.266 e. The van der Waals surface area contributed by atoms with Crippen LogP contribution in [-0.2, 0) is 11.2 Å². The van der Waals surface area contributed by atoms with Gasteiger partial charge >= 0.3 is 0 Å². The van der Waals surface area contributed by atoms with Crippen molar-refractivity contribution in [3.63, 3.8) is 0 Å². The monoisotopic (exact) mass is 593 g/mol. The molecule has 202 valence electrons. The second-order valence-corrected chi connectivity index (χ2v) is 10.6. The van der Waals surface area contributed by atoms with Gasteiger partial charge in [-0.05, 0) is 48.0 Å². The Labute approximate surface area is 242 Å². The Morgan fingerprint density at radius 3 is 2.55 bits per heavy atom. The Hall–Kier alpha value is -4.22. The molecule has 3 aromatic heterocycles. The fourth-order valence-electron chi connectivity index (χ4n) is 4.08. The summed E-state index contributed by atoms with van der Waals surface area (Å²) >= 11 is 13.6. The zero-order valence-electron chi connectivity index (χ0n) is 20.6. The molecule has 2 aromatic carbocycles. The number of benzene rings is 2. The number of amides is 2. The van der Waals surface area contributed by atoms with Crippen LogP contribution in [0.1, 0.15) is 15.2 Å². The topological polar surface area (TPSA) is 123 Å². The first-order chi connectivity index (χ1) is 19.3. The van der Waals surface area contributed by atoms with Crippen molar-refractivity contribution < 1.29 is 19.5 Å². The second kappa shape index (κ2) is 11.9. The van der Waals surface area contributed by atoms with E-state index in [9.17, 15) is 20.0 Å². The van der Waals surface area contributed by atoms with Crippen molar-refractivity contribution in [2.24, 2.45) is 0 Å². The molecule has 0 aliphatic heterocycles. The van der Waals surface area contributed by atoms with Crippen LogP contribution in [0.15, 0.2) is 91.3 Å². The minimum atomic E-state index is -0.990. The predicted molar refractivity (Wildman–Crippen MR) is 153 cm³/mol. The number of halogens is 2. The maximum Gasteiger partial charge on any atom is 0.266 e. The molecule has 3 heterocycles. The predicted octanol–water partition coefficient (Wildman–Crippen LogP) is 5.05. The van der Waals surface area contributed by atoms with E-state index in [4.69, 9.17) is 28.3 Å². The summed E-state index contributed by atoms with van der Waals surface area (Å²) in [5.41, 5.74) is 4.86. The van der Waals surface area contributed by atoms with Gasteiger partial charge in [0.1, 0.15) is 6.04 Å². The van der Waals surface area contributed by atoms with Crippen molar-refractivity contribution in [2.75, 3.05) is 0 Å². The number of hydrogen-bond acceptors (Lipinski definition) is 6. The van der Waals surface area contributed by atoms with Crippen LogP contribution < -0.4 is 15.5 Å². The zero-order valence-corrected chi connectivity index (χ0v) is 23.0. The molecular formula is C28H21Cl2N5O4S. The highest BCUT2D eigenvalue weighted by atomic mass is 35.5. The van der Waals surface area contributed by atoms with Crippen LogP contribution in [0.25, 0.3) is 27.5 Å². The van der Waals surface area contributed by atoms with E-state index in [1.165, 1.54) is 23.7 Å². The SMILES string of the molecule is O=C(N[C@H](Cc1ccccc1)C(=O)NO)c1ccc(-c2cc(-c3ccc[n+]([O-])c3)nn2-c2ccc(Cl)c(Cl)c2)s1. The summed E-state index contributed by atoms with van der Waals surface area (Å²) in [5, 5.41) is 29.3. The third kappa shape index (κ3) is 6.00. The molecule has 0 bridgehead atoms. The first-order valence-corrected chi connectivity index (χ1v) is 13.5. The van der Waals surface area contributed by atoms with Crippen LogP contribution in [0.3, 0.4) is 0 Å². The van der Waals surface area contributed by atoms with Crippen molar-refractivity contribution in [1.29, 1.82) is 0 Å². The number of carbonyl (C=O) groups excluding carboxylic acids is 2. The van der Waals surface area contributed by atoms with Gasteiger partial charge in [0.2, 0.25) is 0 Å². The van der Waals surface area contributed by atoms with E-state index in [1.54, 1.807) is 52.6 Å². The molecule has 5 aromatic rings. The molecule has 40 heavy (non-hydrogen) atoms. The lowest BCUT2D eigenvalue weighted by atomic mass is 10.1. The van der Waals surface area contributed by atoms with Crippen LogP contribution in [0.2, 0.25) is 10.0 Å². The summed E-state index contributed by atoms with van der Waals surface area (Å²) in [4.78, 5) is 26.5. The third-order valence-corrected chi connectivity index (χ3v) is 7.87. The molecule has 2 amide bonds. The highest BCUT2D eigenvalue weighted by Crippen LogP contribution is 2.34. The summed E-state index contributed by atoms with van der Waals surface area (Å²) in [7, 11) is 0. The molecule has 0 radical (unpaired) electrons. The molecule has 9 nitrogen and oxygen atoms in total. The van der Waals surface area contributed by atoms with Crippen LogP contribution >= 0.6 is 34.5 Å². The number of thiophene rings is 1. The first kappa shape index (κ1) is 27.4. The fraction of sp³-hybridized carbons (Fsp3) is 0.0714. The molecule has 0 aliphatic carbocycles. The largest absolute Gasteiger partial charge is 0.619 e.